The summed E-state index contributed by atoms with van der Waals surface area (Å²) in [5.41, 5.74) is 0.886. The fourth-order valence-electron chi connectivity index (χ4n) is 1.66. The number of rotatable bonds is 5. The molecule has 18 heavy (non-hydrogen) atoms. The molecule has 5 heteroatoms. The van der Waals surface area contributed by atoms with Gasteiger partial charge in [0.25, 0.3) is 0 Å². The molecular formula is C13H16N2O3. The minimum Gasteiger partial charge on any atom is -0.480 e. The van der Waals surface area contributed by atoms with E-state index in [2.05, 4.69) is 10.6 Å². The first-order valence-corrected chi connectivity index (χ1v) is 5.99. The van der Waals surface area contributed by atoms with Crippen molar-refractivity contribution in [2.75, 3.05) is 0 Å². The third-order valence-corrected chi connectivity index (χ3v) is 2.80. The van der Waals surface area contributed by atoms with E-state index in [0.29, 0.717) is 0 Å². The van der Waals surface area contributed by atoms with Gasteiger partial charge in [-0.25, -0.2) is 9.59 Å². The van der Waals surface area contributed by atoms with E-state index in [-0.39, 0.29) is 12.5 Å². The molecule has 0 spiro atoms. The summed E-state index contributed by atoms with van der Waals surface area (Å²) in [6.07, 6.45) is 2.24. The molecule has 0 saturated heterocycles. The van der Waals surface area contributed by atoms with Crippen molar-refractivity contribution in [1.82, 2.24) is 10.6 Å². The maximum atomic E-state index is 11.5. The molecule has 3 N–H and O–H groups in total. The van der Waals surface area contributed by atoms with Crippen molar-refractivity contribution >= 4 is 12.0 Å². The Morgan fingerprint density at radius 2 is 1.94 bits per heavy atom. The Labute approximate surface area is 105 Å². The summed E-state index contributed by atoms with van der Waals surface area (Å²) >= 11 is 0. The van der Waals surface area contributed by atoms with Crippen LogP contribution in [0, 0.1) is 0 Å². The van der Waals surface area contributed by atoms with E-state index < -0.39 is 18.0 Å². The number of carboxylic acid groups (broad SMARTS) is 1. The summed E-state index contributed by atoms with van der Waals surface area (Å²) < 4.78 is 0. The van der Waals surface area contributed by atoms with E-state index in [9.17, 15) is 9.59 Å². The second kappa shape index (κ2) is 5.53. The quantitative estimate of drug-likeness (QED) is 0.731. The zero-order valence-corrected chi connectivity index (χ0v) is 9.93. The van der Waals surface area contributed by atoms with E-state index in [4.69, 9.17) is 5.11 Å². The van der Waals surface area contributed by atoms with Crippen LogP contribution in [0.25, 0.3) is 0 Å². The number of benzene rings is 1. The number of carbonyl (C=O) groups is 2. The summed E-state index contributed by atoms with van der Waals surface area (Å²) in [7, 11) is 0. The van der Waals surface area contributed by atoms with Crippen LogP contribution in [0.3, 0.4) is 0 Å². The van der Waals surface area contributed by atoms with Crippen molar-refractivity contribution in [1.29, 1.82) is 0 Å². The van der Waals surface area contributed by atoms with Crippen molar-refractivity contribution in [2.45, 2.75) is 31.3 Å². The molecule has 0 heterocycles. The average molecular weight is 248 g/mol. The number of carbonyl (C=O) groups excluding carboxylic acids is 1. The highest BCUT2D eigenvalue weighted by Crippen LogP contribution is 2.18. The van der Waals surface area contributed by atoms with Gasteiger partial charge in [0, 0.05) is 12.5 Å². The van der Waals surface area contributed by atoms with Gasteiger partial charge in [0.1, 0.15) is 6.04 Å². The standard InChI is InChI=1S/C13H16N2O3/c16-12(17)11(8-9-4-2-1-3-5-9)15-13(18)14-10-6-7-10/h1-5,10-11H,6-8H2,(H,16,17)(H2,14,15,18)/t11-/m1/s1. The van der Waals surface area contributed by atoms with E-state index in [1.165, 1.54) is 0 Å². The minimum atomic E-state index is -1.02. The second-order valence-electron chi connectivity index (χ2n) is 4.47. The summed E-state index contributed by atoms with van der Waals surface area (Å²) in [5, 5.41) is 14.3. The monoisotopic (exact) mass is 248 g/mol. The van der Waals surface area contributed by atoms with Gasteiger partial charge in [-0.2, -0.15) is 0 Å². The van der Waals surface area contributed by atoms with Crippen LogP contribution < -0.4 is 10.6 Å². The molecule has 0 aliphatic heterocycles. The van der Waals surface area contributed by atoms with Crippen LogP contribution in [0.1, 0.15) is 18.4 Å². The number of hydrogen-bond donors (Lipinski definition) is 3. The number of amides is 2. The van der Waals surface area contributed by atoms with Crippen LogP contribution in [0.2, 0.25) is 0 Å². The van der Waals surface area contributed by atoms with Gasteiger partial charge in [-0.3, -0.25) is 0 Å². The molecule has 1 aromatic rings. The molecule has 0 aromatic heterocycles. The largest absolute Gasteiger partial charge is 0.480 e. The van der Waals surface area contributed by atoms with Crippen molar-refractivity contribution < 1.29 is 14.7 Å². The zero-order chi connectivity index (χ0) is 13.0. The molecule has 96 valence electrons. The molecule has 2 amide bonds. The maximum absolute atomic E-state index is 11.5. The third-order valence-electron chi connectivity index (χ3n) is 2.80. The lowest BCUT2D eigenvalue weighted by Crippen LogP contribution is -2.47. The summed E-state index contributed by atoms with van der Waals surface area (Å²) in [5.74, 6) is -1.02. The van der Waals surface area contributed by atoms with Crippen molar-refractivity contribution in [3.63, 3.8) is 0 Å². The zero-order valence-electron chi connectivity index (χ0n) is 9.93. The Morgan fingerprint density at radius 1 is 1.28 bits per heavy atom. The average Bonchev–Trinajstić information content (AvgIpc) is 3.13. The van der Waals surface area contributed by atoms with Crippen LogP contribution >= 0.6 is 0 Å². The Hall–Kier alpha value is -2.04. The highest BCUT2D eigenvalue weighted by molar-refractivity contribution is 5.83. The summed E-state index contributed by atoms with van der Waals surface area (Å²) in [4.78, 5) is 22.6. The summed E-state index contributed by atoms with van der Waals surface area (Å²) in [6.45, 7) is 0. The smallest absolute Gasteiger partial charge is 0.326 e. The van der Waals surface area contributed by atoms with Gasteiger partial charge in [-0.15, -0.1) is 0 Å². The predicted octanol–water partition coefficient (Wildman–Crippen LogP) is 1.14. The van der Waals surface area contributed by atoms with Gasteiger partial charge < -0.3 is 15.7 Å². The van der Waals surface area contributed by atoms with Crippen molar-refractivity contribution in [3.05, 3.63) is 35.9 Å². The first kappa shape index (κ1) is 12.4. The Morgan fingerprint density at radius 3 is 2.50 bits per heavy atom. The van der Waals surface area contributed by atoms with Crippen molar-refractivity contribution in [3.8, 4) is 0 Å². The molecule has 1 fully saturated rings. The predicted molar refractivity (Wildman–Crippen MR) is 66.3 cm³/mol. The Kier molecular flexibility index (Phi) is 3.82. The van der Waals surface area contributed by atoms with E-state index >= 15 is 0 Å². The van der Waals surface area contributed by atoms with E-state index in [1.807, 2.05) is 30.3 Å². The molecule has 0 bridgehead atoms. The van der Waals surface area contributed by atoms with Crippen molar-refractivity contribution in [2.24, 2.45) is 0 Å². The molecule has 5 nitrogen and oxygen atoms in total. The Balaban J connectivity index is 1.91. The Bertz CT molecular complexity index is 429. The molecule has 2 rings (SSSR count). The third kappa shape index (κ3) is 3.76. The summed E-state index contributed by atoms with van der Waals surface area (Å²) in [6, 6.07) is 8.17. The topological polar surface area (TPSA) is 78.4 Å². The fourth-order valence-corrected chi connectivity index (χ4v) is 1.66. The lowest BCUT2D eigenvalue weighted by molar-refractivity contribution is -0.139. The SMILES string of the molecule is O=C(NC1CC1)N[C@H](Cc1ccccc1)C(=O)O. The molecule has 1 atom stereocenters. The normalized spacial score (nSPS) is 15.8. The second-order valence-corrected chi connectivity index (χ2v) is 4.47. The van der Waals surface area contributed by atoms with Crippen LogP contribution in [0.15, 0.2) is 30.3 Å². The van der Waals surface area contributed by atoms with Gasteiger partial charge >= 0.3 is 12.0 Å². The minimum absolute atomic E-state index is 0.219. The van der Waals surface area contributed by atoms with E-state index in [1.54, 1.807) is 0 Å². The molecule has 1 aromatic carbocycles. The van der Waals surface area contributed by atoms with E-state index in [0.717, 1.165) is 18.4 Å². The number of urea groups is 1. The maximum Gasteiger partial charge on any atom is 0.326 e. The molecular weight excluding hydrogens is 232 g/mol. The molecule has 0 unspecified atom stereocenters. The molecule has 1 aliphatic carbocycles. The fraction of sp³-hybridized carbons (Fsp3) is 0.385. The number of nitrogens with one attached hydrogen (secondary N) is 2. The molecule has 1 saturated carbocycles. The number of carboxylic acids is 1. The van der Waals surface area contributed by atoms with Gasteiger partial charge in [0.2, 0.25) is 0 Å². The first-order chi connectivity index (χ1) is 8.65. The van der Waals surface area contributed by atoms with Gasteiger partial charge in [-0.1, -0.05) is 30.3 Å². The highest BCUT2D eigenvalue weighted by Gasteiger charge is 2.26. The lowest BCUT2D eigenvalue weighted by atomic mass is 10.1. The van der Waals surface area contributed by atoms with Gasteiger partial charge in [0.15, 0.2) is 0 Å². The highest BCUT2D eigenvalue weighted by atomic mass is 16.4. The van der Waals surface area contributed by atoms with Crippen LogP contribution in [-0.4, -0.2) is 29.2 Å². The van der Waals surface area contributed by atoms with Crippen LogP contribution in [-0.2, 0) is 11.2 Å². The van der Waals surface area contributed by atoms with Crippen LogP contribution in [0.4, 0.5) is 4.79 Å². The lowest BCUT2D eigenvalue weighted by Gasteiger charge is -2.15. The number of aliphatic carboxylic acids is 1. The molecule has 0 radical (unpaired) electrons. The number of hydrogen-bond acceptors (Lipinski definition) is 2. The van der Waals surface area contributed by atoms with Gasteiger partial charge in [-0.05, 0) is 18.4 Å². The van der Waals surface area contributed by atoms with Gasteiger partial charge in [0.05, 0.1) is 0 Å². The van der Waals surface area contributed by atoms with Crippen LogP contribution in [0.5, 0.6) is 0 Å². The first-order valence-electron chi connectivity index (χ1n) is 5.99. The molecule has 1 aliphatic rings.